The van der Waals surface area contributed by atoms with Gasteiger partial charge in [-0.3, -0.25) is 0 Å². The molecule has 0 unspecified atom stereocenters. The molecule has 0 amide bonds. The maximum atomic E-state index is 9.49. The Morgan fingerprint density at radius 1 is 1.55 bits per heavy atom. The van der Waals surface area contributed by atoms with Crippen molar-refractivity contribution in [3.8, 4) is 0 Å². The van der Waals surface area contributed by atoms with Crippen molar-refractivity contribution in [3.05, 3.63) is 12.2 Å². The van der Waals surface area contributed by atoms with Crippen LogP contribution in [0.3, 0.4) is 0 Å². The van der Waals surface area contributed by atoms with Crippen LogP contribution in [0, 0.1) is 11.3 Å². The van der Waals surface area contributed by atoms with Gasteiger partial charge in [0.15, 0.2) is 0 Å². The lowest BCUT2D eigenvalue weighted by atomic mass is 9.74. The number of rotatable bonds is 0. The van der Waals surface area contributed by atoms with Gasteiger partial charge in [-0.1, -0.05) is 32.9 Å². The van der Waals surface area contributed by atoms with Gasteiger partial charge in [-0.05, 0) is 24.2 Å². The Morgan fingerprint density at radius 3 is 2.55 bits per heavy atom. The molecule has 1 aliphatic rings. The van der Waals surface area contributed by atoms with Crippen LogP contribution >= 0.6 is 0 Å². The molecule has 64 valence electrons. The van der Waals surface area contributed by atoms with E-state index in [1.165, 1.54) is 0 Å². The van der Waals surface area contributed by atoms with E-state index in [0.29, 0.717) is 12.3 Å². The summed E-state index contributed by atoms with van der Waals surface area (Å²) in [5.41, 5.74) is 0.194. The number of aliphatic hydroxyl groups is 1. The lowest BCUT2D eigenvalue weighted by Crippen LogP contribution is -2.26. The minimum absolute atomic E-state index is 0.194. The standard InChI is InChI=1S/C10H18O/c1-10(2,3)8-5-4-6-9(11)7-8/h4,6,8-9,11H,5,7H2,1-3H3/t8-,9-/m1/s1/i9D. The van der Waals surface area contributed by atoms with Crippen molar-refractivity contribution in [3.63, 3.8) is 0 Å². The van der Waals surface area contributed by atoms with E-state index in [9.17, 15) is 5.11 Å². The molecule has 1 heteroatoms. The van der Waals surface area contributed by atoms with E-state index in [4.69, 9.17) is 1.37 Å². The van der Waals surface area contributed by atoms with Crippen molar-refractivity contribution >= 4 is 0 Å². The first kappa shape index (κ1) is 7.35. The third kappa shape index (κ3) is 2.33. The highest BCUT2D eigenvalue weighted by Gasteiger charge is 2.27. The van der Waals surface area contributed by atoms with Gasteiger partial charge in [0, 0.05) is 0 Å². The maximum Gasteiger partial charge on any atom is 0.0723 e. The van der Waals surface area contributed by atoms with Crippen LogP contribution in [0.4, 0.5) is 0 Å². The average Bonchev–Trinajstić information content (AvgIpc) is 1.83. The topological polar surface area (TPSA) is 20.2 Å². The minimum atomic E-state index is -1.32. The lowest BCUT2D eigenvalue weighted by Gasteiger charge is -2.33. The summed E-state index contributed by atoms with van der Waals surface area (Å²) in [5.74, 6) is 0.421. The van der Waals surface area contributed by atoms with Crippen LogP contribution in [-0.2, 0) is 0 Å². The van der Waals surface area contributed by atoms with E-state index in [2.05, 4.69) is 20.8 Å². The average molecular weight is 155 g/mol. The first-order valence-corrected chi connectivity index (χ1v) is 4.21. The second kappa shape index (κ2) is 2.98. The smallest absolute Gasteiger partial charge is 0.0723 e. The maximum absolute atomic E-state index is 9.49. The summed E-state index contributed by atoms with van der Waals surface area (Å²) in [6.07, 6.45) is 3.75. The van der Waals surface area contributed by atoms with Gasteiger partial charge in [-0.25, -0.2) is 0 Å². The molecule has 1 nitrogen and oxygen atoms in total. The molecular formula is C10H18O. The highest BCUT2D eigenvalue weighted by atomic mass is 16.3. The molecule has 0 aromatic carbocycles. The minimum Gasteiger partial charge on any atom is -0.389 e. The normalized spacial score (nSPS) is 40.4. The van der Waals surface area contributed by atoms with E-state index in [0.717, 1.165) is 6.42 Å². The SMILES string of the molecule is [2H][C@@]1(O)C=CC[C@@H](C(C)(C)C)C1. The van der Waals surface area contributed by atoms with Crippen LogP contribution in [0.25, 0.3) is 0 Å². The van der Waals surface area contributed by atoms with Crippen LogP contribution in [-0.4, -0.2) is 11.2 Å². The van der Waals surface area contributed by atoms with E-state index in [-0.39, 0.29) is 5.41 Å². The summed E-state index contributed by atoms with van der Waals surface area (Å²) in [7, 11) is 0. The number of hydrogen-bond acceptors (Lipinski definition) is 1. The van der Waals surface area contributed by atoms with Gasteiger partial charge >= 0.3 is 0 Å². The van der Waals surface area contributed by atoms with Gasteiger partial charge in [0.1, 0.15) is 0 Å². The fourth-order valence-corrected chi connectivity index (χ4v) is 1.43. The Bertz CT molecular complexity index is 189. The summed E-state index contributed by atoms with van der Waals surface area (Å²) in [6, 6.07) is 0. The lowest BCUT2D eigenvalue weighted by molar-refractivity contribution is 0.124. The molecule has 1 aliphatic carbocycles. The summed E-state index contributed by atoms with van der Waals surface area (Å²) in [6.45, 7) is 6.48. The Morgan fingerprint density at radius 2 is 2.18 bits per heavy atom. The largest absolute Gasteiger partial charge is 0.389 e. The molecule has 0 radical (unpaired) electrons. The quantitative estimate of drug-likeness (QED) is 0.532. The Labute approximate surface area is 70.5 Å². The molecule has 0 saturated heterocycles. The van der Waals surface area contributed by atoms with Crippen LogP contribution in [0.1, 0.15) is 35.0 Å². The van der Waals surface area contributed by atoms with Crippen molar-refractivity contribution in [1.29, 1.82) is 0 Å². The van der Waals surface area contributed by atoms with Crippen molar-refractivity contribution in [1.82, 2.24) is 0 Å². The van der Waals surface area contributed by atoms with Crippen LogP contribution in [0.2, 0.25) is 0 Å². The van der Waals surface area contributed by atoms with Gasteiger partial charge < -0.3 is 5.11 Å². The van der Waals surface area contributed by atoms with Crippen LogP contribution in [0.5, 0.6) is 0 Å². The molecule has 11 heavy (non-hydrogen) atoms. The van der Waals surface area contributed by atoms with Crippen molar-refractivity contribution in [2.75, 3.05) is 0 Å². The van der Waals surface area contributed by atoms with Gasteiger partial charge in [0.05, 0.1) is 7.45 Å². The van der Waals surface area contributed by atoms with Gasteiger partial charge in [-0.15, -0.1) is 0 Å². The molecule has 0 fully saturated rings. The number of hydrogen-bond donors (Lipinski definition) is 1. The zero-order chi connectivity index (χ0) is 9.41. The molecule has 1 rings (SSSR count). The summed E-state index contributed by atoms with van der Waals surface area (Å²) in [5, 5.41) is 9.49. The molecule has 0 heterocycles. The van der Waals surface area contributed by atoms with Crippen LogP contribution < -0.4 is 0 Å². The van der Waals surface area contributed by atoms with Crippen molar-refractivity contribution in [2.45, 2.75) is 39.7 Å². The summed E-state index contributed by atoms with van der Waals surface area (Å²) >= 11 is 0. The van der Waals surface area contributed by atoms with E-state index >= 15 is 0 Å². The van der Waals surface area contributed by atoms with E-state index in [1.54, 1.807) is 6.08 Å². The molecule has 0 aliphatic heterocycles. The molecule has 0 aromatic rings. The number of allylic oxidation sites excluding steroid dienone is 1. The first-order valence-electron chi connectivity index (χ1n) is 4.71. The molecule has 0 aromatic heterocycles. The fraction of sp³-hybridized carbons (Fsp3) is 0.800. The molecule has 0 bridgehead atoms. The molecule has 0 spiro atoms. The van der Waals surface area contributed by atoms with Gasteiger partial charge in [0.25, 0.3) is 0 Å². The summed E-state index contributed by atoms with van der Waals surface area (Å²) in [4.78, 5) is 0. The highest BCUT2D eigenvalue weighted by molar-refractivity contribution is 4.98. The van der Waals surface area contributed by atoms with E-state index in [1.807, 2.05) is 6.08 Å². The van der Waals surface area contributed by atoms with Crippen LogP contribution in [0.15, 0.2) is 12.2 Å². The molecular weight excluding hydrogens is 136 g/mol. The Balaban J connectivity index is 2.69. The Hall–Kier alpha value is -0.300. The second-order valence-corrected chi connectivity index (χ2v) is 4.40. The predicted molar refractivity (Wildman–Crippen MR) is 47.3 cm³/mol. The fourth-order valence-electron chi connectivity index (χ4n) is 1.43. The van der Waals surface area contributed by atoms with Crippen molar-refractivity contribution in [2.24, 2.45) is 11.3 Å². The molecule has 0 saturated carbocycles. The van der Waals surface area contributed by atoms with Gasteiger partial charge in [0.2, 0.25) is 0 Å². The Kier molecular flexibility index (Phi) is 1.99. The molecule has 2 atom stereocenters. The van der Waals surface area contributed by atoms with Crippen molar-refractivity contribution < 1.29 is 6.48 Å². The third-order valence-corrected chi connectivity index (χ3v) is 2.41. The van der Waals surface area contributed by atoms with E-state index < -0.39 is 6.08 Å². The highest BCUT2D eigenvalue weighted by Crippen LogP contribution is 2.34. The summed E-state index contributed by atoms with van der Waals surface area (Å²) < 4.78 is 7.51. The zero-order valence-corrected chi connectivity index (χ0v) is 7.59. The predicted octanol–water partition coefficient (Wildman–Crippen LogP) is 2.36. The zero-order valence-electron chi connectivity index (χ0n) is 8.59. The first-order chi connectivity index (χ1) is 5.31. The third-order valence-electron chi connectivity index (χ3n) is 2.41. The van der Waals surface area contributed by atoms with Gasteiger partial charge in [-0.2, -0.15) is 0 Å². The second-order valence-electron chi connectivity index (χ2n) is 4.40. The monoisotopic (exact) mass is 155 g/mol. The molecule has 1 N–H and O–H groups in total.